The average molecular weight is 570 g/mol. The van der Waals surface area contributed by atoms with Crippen LogP contribution in [0.4, 0.5) is 11.4 Å². The molecule has 1 aliphatic carbocycles. The lowest BCUT2D eigenvalue weighted by atomic mass is 9.83. The molecule has 1 unspecified atom stereocenters. The second kappa shape index (κ2) is 11.0. The minimum Gasteiger partial charge on any atom is -0.493 e. The van der Waals surface area contributed by atoms with Crippen LogP contribution in [0.5, 0.6) is 11.5 Å². The largest absolute Gasteiger partial charge is 0.493 e. The first kappa shape index (κ1) is 27.6. The number of anilines is 2. The topological polar surface area (TPSA) is 134 Å². The zero-order chi connectivity index (χ0) is 29.4. The van der Waals surface area contributed by atoms with Gasteiger partial charge in [-0.2, -0.15) is 0 Å². The maximum absolute atomic E-state index is 13.2. The Balaban J connectivity index is 1.05. The van der Waals surface area contributed by atoms with Crippen molar-refractivity contribution in [2.75, 3.05) is 30.9 Å². The lowest BCUT2D eigenvalue weighted by Crippen LogP contribution is -2.51. The molecule has 216 valence electrons. The number of rotatable bonds is 8. The van der Waals surface area contributed by atoms with Gasteiger partial charge in [-0.15, -0.1) is 0 Å². The molecule has 2 amide bonds. The molecular formula is C32H31N3O7. The first-order valence-electron chi connectivity index (χ1n) is 14.0. The minimum absolute atomic E-state index is 0.192. The van der Waals surface area contributed by atoms with Crippen molar-refractivity contribution < 1.29 is 33.8 Å². The van der Waals surface area contributed by atoms with E-state index in [1.807, 2.05) is 6.07 Å². The fourth-order valence-corrected chi connectivity index (χ4v) is 5.91. The molecule has 2 heterocycles. The number of nitrogens with zero attached hydrogens (tertiary/aromatic N) is 1. The molecule has 1 atom stereocenters. The van der Waals surface area contributed by atoms with Gasteiger partial charge in [-0.1, -0.05) is 36.4 Å². The monoisotopic (exact) mass is 569 g/mol. The second-order valence-corrected chi connectivity index (χ2v) is 10.7. The highest BCUT2D eigenvalue weighted by Crippen LogP contribution is 2.40. The van der Waals surface area contributed by atoms with Crippen LogP contribution in [0.1, 0.15) is 69.5 Å². The van der Waals surface area contributed by atoms with Crippen molar-refractivity contribution in [2.45, 2.75) is 44.4 Å². The van der Waals surface area contributed by atoms with Crippen molar-refractivity contribution >= 4 is 34.8 Å². The van der Waals surface area contributed by atoms with E-state index >= 15 is 0 Å². The lowest BCUT2D eigenvalue weighted by Gasteiger charge is -2.29. The summed E-state index contributed by atoms with van der Waals surface area (Å²) >= 11 is 0. The summed E-state index contributed by atoms with van der Waals surface area (Å²) in [6.45, 7) is 1.34. The van der Waals surface area contributed by atoms with Gasteiger partial charge in [0.2, 0.25) is 5.91 Å². The lowest BCUT2D eigenvalue weighted by molar-refractivity contribution is -0.151. The summed E-state index contributed by atoms with van der Waals surface area (Å²) in [6.07, 6.45) is 2.40. The van der Waals surface area contributed by atoms with Crippen LogP contribution in [0, 0.1) is 0 Å². The Morgan fingerprint density at radius 2 is 1.76 bits per heavy atom. The van der Waals surface area contributed by atoms with E-state index in [2.05, 4.69) is 10.6 Å². The first-order chi connectivity index (χ1) is 20.3. The van der Waals surface area contributed by atoms with E-state index in [1.54, 1.807) is 60.5 Å². The standard InChI is InChI=1S/C32H31N3O7/c1-41-25-16-19-18-35-14-7-13-32(35,40)31(39)34-24(19)17-26(25)42-15-5-4-12-27(36)33-23-11-6-10-22-28(23)30(38)21-9-3-2-8-20(21)29(22)37/h2-3,6,8-11,16-17,40H,4-5,7,12-15,18H2,1H3,(H,33,36)(H,34,39). The molecule has 6 rings (SSSR count). The van der Waals surface area contributed by atoms with E-state index < -0.39 is 11.6 Å². The third kappa shape index (κ3) is 4.82. The first-order valence-corrected chi connectivity index (χ1v) is 14.0. The molecule has 0 aromatic heterocycles. The number of aliphatic hydroxyl groups is 1. The van der Waals surface area contributed by atoms with Crippen molar-refractivity contribution in [1.82, 2.24) is 4.90 Å². The molecular weight excluding hydrogens is 538 g/mol. The number of hydrogen-bond acceptors (Lipinski definition) is 8. The number of benzene rings is 3. The van der Waals surface area contributed by atoms with Crippen LogP contribution in [0.3, 0.4) is 0 Å². The molecule has 1 saturated heterocycles. The highest BCUT2D eigenvalue weighted by atomic mass is 16.5. The molecule has 0 spiro atoms. The maximum Gasteiger partial charge on any atom is 0.271 e. The number of ketones is 2. The second-order valence-electron chi connectivity index (χ2n) is 10.7. The number of ether oxygens (including phenoxy) is 2. The van der Waals surface area contributed by atoms with Crippen LogP contribution in [0.2, 0.25) is 0 Å². The Hall–Kier alpha value is -4.54. The van der Waals surface area contributed by atoms with Gasteiger partial charge in [0.25, 0.3) is 5.91 Å². The number of hydrogen-bond donors (Lipinski definition) is 3. The fourth-order valence-electron chi connectivity index (χ4n) is 5.91. The van der Waals surface area contributed by atoms with E-state index in [4.69, 9.17) is 9.47 Å². The zero-order valence-electron chi connectivity index (χ0n) is 23.2. The molecule has 3 aromatic rings. The molecule has 42 heavy (non-hydrogen) atoms. The summed E-state index contributed by atoms with van der Waals surface area (Å²) in [4.78, 5) is 53.4. The van der Waals surface area contributed by atoms with Gasteiger partial charge in [0, 0.05) is 54.4 Å². The van der Waals surface area contributed by atoms with Gasteiger partial charge in [0.05, 0.1) is 25.0 Å². The van der Waals surface area contributed by atoms with Gasteiger partial charge in [0.15, 0.2) is 28.8 Å². The predicted octanol–water partition coefficient (Wildman–Crippen LogP) is 3.89. The molecule has 0 saturated carbocycles. The van der Waals surface area contributed by atoms with Crippen molar-refractivity contribution in [1.29, 1.82) is 0 Å². The van der Waals surface area contributed by atoms with E-state index in [9.17, 15) is 24.3 Å². The Morgan fingerprint density at radius 1 is 1.00 bits per heavy atom. The summed E-state index contributed by atoms with van der Waals surface area (Å²) in [5, 5.41) is 16.5. The number of carbonyl (C=O) groups is 4. The van der Waals surface area contributed by atoms with E-state index in [0.29, 0.717) is 73.0 Å². The SMILES string of the molecule is COc1cc2c(cc1OCCCCC(=O)Nc1cccc3c1C(=O)c1ccccc1C3=O)NC(=O)C1(O)CCCN1C2. The van der Waals surface area contributed by atoms with E-state index in [1.165, 1.54) is 0 Å². The van der Waals surface area contributed by atoms with Crippen molar-refractivity contribution in [2.24, 2.45) is 0 Å². The summed E-state index contributed by atoms with van der Waals surface area (Å²) < 4.78 is 11.5. The Kier molecular flexibility index (Phi) is 7.26. The smallest absolute Gasteiger partial charge is 0.271 e. The molecule has 3 aromatic carbocycles. The summed E-state index contributed by atoms with van der Waals surface area (Å²) in [5.41, 5.74) is 1.40. The van der Waals surface area contributed by atoms with Crippen LogP contribution >= 0.6 is 0 Å². The van der Waals surface area contributed by atoms with Crippen LogP contribution in [0.15, 0.2) is 54.6 Å². The number of methoxy groups -OCH3 is 1. The predicted molar refractivity (Wildman–Crippen MR) is 154 cm³/mol. The molecule has 0 bridgehead atoms. The third-order valence-electron chi connectivity index (χ3n) is 8.12. The van der Waals surface area contributed by atoms with Crippen molar-refractivity contribution in [3.05, 3.63) is 82.4 Å². The van der Waals surface area contributed by atoms with Gasteiger partial charge >= 0.3 is 0 Å². The van der Waals surface area contributed by atoms with Crippen LogP contribution in [-0.4, -0.2) is 59.4 Å². The Labute approximate surface area is 242 Å². The van der Waals surface area contributed by atoms with Crippen molar-refractivity contribution in [3.63, 3.8) is 0 Å². The molecule has 0 radical (unpaired) electrons. The number of fused-ring (bicyclic) bond motifs is 4. The molecule has 2 aliphatic heterocycles. The molecule has 1 fully saturated rings. The van der Waals surface area contributed by atoms with Crippen LogP contribution in [0.25, 0.3) is 0 Å². The average Bonchev–Trinajstić information content (AvgIpc) is 3.33. The molecule has 10 nitrogen and oxygen atoms in total. The number of amides is 2. The highest BCUT2D eigenvalue weighted by Gasteiger charge is 2.47. The van der Waals surface area contributed by atoms with Gasteiger partial charge < -0.3 is 25.2 Å². The highest BCUT2D eigenvalue weighted by molar-refractivity contribution is 6.30. The van der Waals surface area contributed by atoms with Gasteiger partial charge in [-0.05, 0) is 37.0 Å². The zero-order valence-corrected chi connectivity index (χ0v) is 23.2. The van der Waals surface area contributed by atoms with Crippen LogP contribution in [-0.2, 0) is 16.1 Å². The van der Waals surface area contributed by atoms with E-state index in [-0.39, 0.29) is 35.0 Å². The normalized spacial score (nSPS) is 19.1. The Morgan fingerprint density at radius 3 is 2.55 bits per heavy atom. The van der Waals surface area contributed by atoms with Gasteiger partial charge in [-0.25, -0.2) is 0 Å². The molecule has 10 heteroatoms. The Bertz CT molecular complexity index is 1620. The summed E-state index contributed by atoms with van der Waals surface area (Å²) in [5.74, 6) is -0.279. The van der Waals surface area contributed by atoms with Gasteiger partial charge in [-0.3, -0.25) is 24.1 Å². The minimum atomic E-state index is -1.51. The third-order valence-corrected chi connectivity index (χ3v) is 8.12. The number of carbonyl (C=O) groups excluding carboxylic acids is 4. The quantitative estimate of drug-likeness (QED) is 0.272. The molecule has 3 N–H and O–H groups in total. The maximum atomic E-state index is 13.2. The number of nitrogens with one attached hydrogen (secondary N) is 2. The summed E-state index contributed by atoms with van der Waals surface area (Å²) in [7, 11) is 1.54. The number of unbranched alkanes of at least 4 members (excludes halogenated alkanes) is 1. The molecule has 3 aliphatic rings. The fraction of sp³-hybridized carbons (Fsp3) is 0.312. The van der Waals surface area contributed by atoms with Gasteiger partial charge in [0.1, 0.15) is 0 Å². The van der Waals surface area contributed by atoms with Crippen LogP contribution < -0.4 is 20.1 Å². The summed E-state index contributed by atoms with van der Waals surface area (Å²) in [6, 6.07) is 15.1. The van der Waals surface area contributed by atoms with E-state index in [0.717, 1.165) is 12.0 Å². The van der Waals surface area contributed by atoms with Crippen molar-refractivity contribution in [3.8, 4) is 11.5 Å².